The van der Waals surface area contributed by atoms with Gasteiger partial charge in [-0.05, 0) is 35.7 Å². The molecule has 0 spiro atoms. The van der Waals surface area contributed by atoms with Gasteiger partial charge in [-0.3, -0.25) is 15.0 Å². The number of hydrogen-bond acceptors (Lipinski definition) is 5. The Morgan fingerprint density at radius 1 is 0.941 bits per heavy atom. The quantitative estimate of drug-likeness (QED) is 0.327. The minimum Gasteiger partial charge on any atom is -0.277 e. The Morgan fingerprint density at radius 3 is 2.35 bits per heavy atom. The topological polar surface area (TPSA) is 76.8 Å². The van der Waals surface area contributed by atoms with Crippen molar-refractivity contribution in [2.24, 2.45) is 5.10 Å². The number of rotatable bonds is 4. The molecule has 3 aromatic carbocycles. The zero-order valence-corrected chi connectivity index (χ0v) is 19.5. The molecule has 5 rings (SSSR count). The van der Waals surface area contributed by atoms with Gasteiger partial charge in [0.1, 0.15) is 5.25 Å². The van der Waals surface area contributed by atoms with Crippen LogP contribution in [-0.4, -0.2) is 33.0 Å². The molecule has 0 bridgehead atoms. The molecule has 1 fully saturated rings. The predicted molar refractivity (Wildman–Crippen MR) is 136 cm³/mol. The van der Waals surface area contributed by atoms with Crippen LogP contribution in [0.5, 0.6) is 0 Å². The van der Waals surface area contributed by atoms with Gasteiger partial charge >= 0.3 is 0 Å². The first-order valence-corrected chi connectivity index (χ1v) is 12.0. The number of thioether (sulfide) groups is 1. The summed E-state index contributed by atoms with van der Waals surface area (Å²) in [5, 5.41) is 14.8. The van der Waals surface area contributed by atoms with E-state index in [-0.39, 0.29) is 29.4 Å². The number of nitrogens with zero attached hydrogens (tertiary/aromatic N) is 3. The number of carbonyl (C=O) groups is 2. The van der Waals surface area contributed by atoms with Crippen LogP contribution in [-0.2, 0) is 9.59 Å². The lowest BCUT2D eigenvalue weighted by molar-refractivity contribution is -0.121. The molecule has 0 saturated carbocycles. The second-order valence-corrected chi connectivity index (χ2v) is 9.60. The Labute approximate surface area is 202 Å². The maximum atomic E-state index is 13.1. The molecule has 6 nitrogen and oxygen atoms in total. The Bertz CT molecular complexity index is 1280. The molecule has 0 aromatic heterocycles. The molecule has 3 aromatic rings. The van der Waals surface area contributed by atoms with Gasteiger partial charge in [0, 0.05) is 12.8 Å². The molecule has 2 aliphatic rings. The molecule has 1 saturated heterocycles. The van der Waals surface area contributed by atoms with Crippen LogP contribution in [0.2, 0.25) is 0 Å². The SMILES string of the molecule is Cc1cccc(N2C(=O)C[C@H](SC(=N)N3N=C(c4ccccc4)C[C@@H]3c3ccccc3)C2=O)c1. The molecular formula is C27H24N4O2S. The number of nitrogens with one attached hydrogen (secondary N) is 1. The Morgan fingerprint density at radius 2 is 1.65 bits per heavy atom. The van der Waals surface area contributed by atoms with Crippen molar-refractivity contribution in [1.82, 2.24) is 5.01 Å². The fraction of sp³-hybridized carbons (Fsp3) is 0.185. The summed E-state index contributed by atoms with van der Waals surface area (Å²) in [6.45, 7) is 1.93. The van der Waals surface area contributed by atoms with Crippen LogP contribution in [0.15, 0.2) is 90.0 Å². The van der Waals surface area contributed by atoms with Gasteiger partial charge in [0.05, 0.1) is 17.4 Å². The largest absolute Gasteiger partial charge is 0.277 e. The van der Waals surface area contributed by atoms with Crippen LogP contribution >= 0.6 is 11.8 Å². The third kappa shape index (κ3) is 4.26. The highest BCUT2D eigenvalue weighted by atomic mass is 32.2. The van der Waals surface area contributed by atoms with E-state index in [1.165, 1.54) is 4.90 Å². The number of amidine groups is 1. The van der Waals surface area contributed by atoms with E-state index in [4.69, 9.17) is 10.5 Å². The number of carbonyl (C=O) groups excluding carboxylic acids is 2. The average Bonchev–Trinajstić information content (AvgIpc) is 3.41. The number of amides is 2. The molecule has 2 atom stereocenters. The number of imide groups is 1. The highest BCUT2D eigenvalue weighted by Crippen LogP contribution is 2.37. The molecule has 0 radical (unpaired) electrons. The van der Waals surface area contributed by atoms with Crippen molar-refractivity contribution in [3.63, 3.8) is 0 Å². The van der Waals surface area contributed by atoms with E-state index in [0.717, 1.165) is 34.2 Å². The summed E-state index contributed by atoms with van der Waals surface area (Å²) in [6, 6.07) is 27.1. The van der Waals surface area contributed by atoms with Gasteiger partial charge in [-0.15, -0.1) is 0 Å². The van der Waals surface area contributed by atoms with E-state index in [9.17, 15) is 9.59 Å². The Hall–Kier alpha value is -3.71. The Balaban J connectivity index is 1.39. The first-order chi connectivity index (χ1) is 16.5. The van der Waals surface area contributed by atoms with Crippen LogP contribution in [0.1, 0.15) is 35.6 Å². The van der Waals surface area contributed by atoms with E-state index < -0.39 is 5.25 Å². The van der Waals surface area contributed by atoms with Crippen molar-refractivity contribution >= 4 is 40.1 Å². The fourth-order valence-corrected chi connectivity index (χ4v) is 5.34. The van der Waals surface area contributed by atoms with Crippen molar-refractivity contribution < 1.29 is 9.59 Å². The molecule has 0 aliphatic carbocycles. The van der Waals surface area contributed by atoms with Gasteiger partial charge < -0.3 is 0 Å². The summed E-state index contributed by atoms with van der Waals surface area (Å²) >= 11 is 1.10. The van der Waals surface area contributed by atoms with Crippen molar-refractivity contribution in [1.29, 1.82) is 5.41 Å². The number of benzene rings is 3. The third-order valence-electron chi connectivity index (χ3n) is 6.03. The zero-order chi connectivity index (χ0) is 23.7. The van der Waals surface area contributed by atoms with Crippen molar-refractivity contribution in [3.05, 3.63) is 102 Å². The van der Waals surface area contributed by atoms with Crippen LogP contribution in [0.25, 0.3) is 0 Å². The smallest absolute Gasteiger partial charge is 0.247 e. The second-order valence-electron chi connectivity index (χ2n) is 8.41. The standard InChI is InChI=1S/C27H24N4O2S/c1-18-9-8-14-21(15-18)30-25(32)17-24(26(30)33)34-27(28)31-23(20-12-6-3-7-13-20)16-22(29-31)19-10-4-2-5-11-19/h2-15,23-24,28H,16-17H2,1H3/t23-,24+/m1/s1. The minimum atomic E-state index is -0.645. The lowest BCUT2D eigenvalue weighted by atomic mass is 9.99. The highest BCUT2D eigenvalue weighted by Gasteiger charge is 2.42. The van der Waals surface area contributed by atoms with Crippen LogP contribution in [0.3, 0.4) is 0 Å². The first-order valence-electron chi connectivity index (χ1n) is 11.2. The van der Waals surface area contributed by atoms with Gasteiger partial charge in [-0.25, -0.2) is 9.91 Å². The summed E-state index contributed by atoms with van der Waals surface area (Å²) in [6.07, 6.45) is 0.725. The van der Waals surface area contributed by atoms with Crippen molar-refractivity contribution in [3.8, 4) is 0 Å². The molecule has 2 heterocycles. The van der Waals surface area contributed by atoms with Crippen LogP contribution in [0.4, 0.5) is 5.69 Å². The summed E-state index contributed by atoms with van der Waals surface area (Å²) in [5.41, 5.74) is 4.53. The molecule has 0 unspecified atom stereocenters. The normalized spacial score (nSPS) is 20.1. The fourth-order valence-electron chi connectivity index (χ4n) is 4.36. The molecule has 7 heteroatoms. The number of hydrogen-bond donors (Lipinski definition) is 1. The lowest BCUT2D eigenvalue weighted by Crippen LogP contribution is -2.32. The second kappa shape index (κ2) is 9.27. The number of aryl methyl sites for hydroxylation is 1. The Kier molecular flexibility index (Phi) is 6.02. The number of anilines is 1. The molecule has 1 N–H and O–H groups in total. The summed E-state index contributed by atoms with van der Waals surface area (Å²) in [5.74, 6) is -0.525. The summed E-state index contributed by atoms with van der Waals surface area (Å²) in [4.78, 5) is 27.1. The average molecular weight is 469 g/mol. The minimum absolute atomic E-state index is 0.0684. The summed E-state index contributed by atoms with van der Waals surface area (Å²) in [7, 11) is 0. The molecule has 2 aliphatic heterocycles. The van der Waals surface area contributed by atoms with Gasteiger partial charge in [-0.2, -0.15) is 5.10 Å². The zero-order valence-electron chi connectivity index (χ0n) is 18.7. The third-order valence-corrected chi connectivity index (χ3v) is 7.09. The van der Waals surface area contributed by atoms with Gasteiger partial charge in [0.15, 0.2) is 5.17 Å². The van der Waals surface area contributed by atoms with E-state index in [0.29, 0.717) is 12.1 Å². The van der Waals surface area contributed by atoms with Gasteiger partial charge in [0.25, 0.3) is 0 Å². The molecule has 34 heavy (non-hydrogen) atoms. The van der Waals surface area contributed by atoms with Gasteiger partial charge in [0.2, 0.25) is 11.8 Å². The number of hydrazone groups is 1. The van der Waals surface area contributed by atoms with Gasteiger partial charge in [-0.1, -0.05) is 84.6 Å². The van der Waals surface area contributed by atoms with E-state index in [1.807, 2.05) is 85.8 Å². The predicted octanol–water partition coefficient (Wildman–Crippen LogP) is 5.15. The highest BCUT2D eigenvalue weighted by molar-refractivity contribution is 8.14. The maximum Gasteiger partial charge on any atom is 0.247 e. The van der Waals surface area contributed by atoms with E-state index in [1.54, 1.807) is 11.1 Å². The summed E-state index contributed by atoms with van der Waals surface area (Å²) < 4.78 is 0. The monoisotopic (exact) mass is 468 g/mol. The molecule has 2 amide bonds. The van der Waals surface area contributed by atoms with Crippen LogP contribution in [0, 0.1) is 12.3 Å². The molecule has 170 valence electrons. The van der Waals surface area contributed by atoms with E-state index >= 15 is 0 Å². The van der Waals surface area contributed by atoms with Crippen molar-refractivity contribution in [2.75, 3.05) is 4.90 Å². The first kappa shape index (κ1) is 22.1. The maximum absolute atomic E-state index is 13.1. The van der Waals surface area contributed by atoms with Crippen LogP contribution < -0.4 is 4.90 Å². The van der Waals surface area contributed by atoms with Crippen molar-refractivity contribution in [2.45, 2.75) is 31.1 Å². The van der Waals surface area contributed by atoms with E-state index in [2.05, 4.69) is 0 Å². The lowest BCUT2D eigenvalue weighted by Gasteiger charge is -2.24. The molecular weight excluding hydrogens is 444 g/mol.